The van der Waals surface area contributed by atoms with Crippen molar-refractivity contribution in [3.8, 4) is 0 Å². The molecule has 1 aliphatic carbocycles. The molecule has 2 rings (SSSR count). The van der Waals surface area contributed by atoms with Crippen molar-refractivity contribution in [1.82, 2.24) is 0 Å². The number of para-hydroxylation sites is 1. The zero-order chi connectivity index (χ0) is 12.5. The molecule has 1 aromatic carbocycles. The molecule has 1 aromatic rings. The lowest BCUT2D eigenvalue weighted by atomic mass is 9.74. The number of carboxylic acids is 1. The lowest BCUT2D eigenvalue weighted by molar-refractivity contribution is -0.145. The average molecular weight is 233 g/mol. The molecule has 0 bridgehead atoms. The fourth-order valence-corrected chi connectivity index (χ4v) is 2.80. The van der Waals surface area contributed by atoms with Crippen LogP contribution in [0.25, 0.3) is 0 Å². The molecule has 1 fully saturated rings. The lowest BCUT2D eigenvalue weighted by Gasteiger charge is -2.39. The Bertz CT molecular complexity index is 413. The van der Waals surface area contributed by atoms with Crippen LogP contribution in [0.15, 0.2) is 30.3 Å². The minimum absolute atomic E-state index is 0.228. The van der Waals surface area contributed by atoms with Gasteiger partial charge in [0.2, 0.25) is 0 Å². The van der Waals surface area contributed by atoms with Gasteiger partial charge in [0.1, 0.15) is 5.54 Å². The van der Waals surface area contributed by atoms with Crippen molar-refractivity contribution in [3.63, 3.8) is 0 Å². The van der Waals surface area contributed by atoms with E-state index in [1.807, 2.05) is 44.2 Å². The number of anilines is 1. The Labute approximate surface area is 102 Å². The van der Waals surface area contributed by atoms with E-state index in [4.69, 9.17) is 0 Å². The molecule has 0 saturated heterocycles. The Kier molecular flexibility index (Phi) is 2.86. The van der Waals surface area contributed by atoms with E-state index in [1.165, 1.54) is 0 Å². The zero-order valence-corrected chi connectivity index (χ0v) is 10.4. The summed E-state index contributed by atoms with van der Waals surface area (Å²) < 4.78 is 0. The molecule has 0 radical (unpaired) electrons. The van der Waals surface area contributed by atoms with Gasteiger partial charge in [0.15, 0.2) is 0 Å². The van der Waals surface area contributed by atoms with Crippen LogP contribution in [0, 0.1) is 5.41 Å². The summed E-state index contributed by atoms with van der Waals surface area (Å²) in [6, 6.07) is 9.59. The fraction of sp³-hybridized carbons (Fsp3) is 0.500. The summed E-state index contributed by atoms with van der Waals surface area (Å²) in [5.41, 5.74) is -0.187. The SMILES string of the molecule is CC1(C)CCCC1(Nc1ccccc1)C(=O)O. The zero-order valence-electron chi connectivity index (χ0n) is 10.4. The lowest BCUT2D eigenvalue weighted by Crippen LogP contribution is -2.53. The predicted molar refractivity (Wildman–Crippen MR) is 68.1 cm³/mol. The van der Waals surface area contributed by atoms with Crippen LogP contribution in [-0.2, 0) is 4.79 Å². The van der Waals surface area contributed by atoms with Crippen LogP contribution in [0.4, 0.5) is 5.69 Å². The van der Waals surface area contributed by atoms with Crippen LogP contribution in [0.1, 0.15) is 33.1 Å². The van der Waals surface area contributed by atoms with Crippen molar-refractivity contribution in [3.05, 3.63) is 30.3 Å². The molecule has 0 amide bonds. The van der Waals surface area contributed by atoms with Gasteiger partial charge in [-0.05, 0) is 36.8 Å². The maximum absolute atomic E-state index is 11.7. The van der Waals surface area contributed by atoms with E-state index in [2.05, 4.69) is 5.32 Å². The van der Waals surface area contributed by atoms with E-state index in [9.17, 15) is 9.90 Å². The first-order valence-electron chi connectivity index (χ1n) is 6.05. The smallest absolute Gasteiger partial charge is 0.329 e. The first-order valence-corrected chi connectivity index (χ1v) is 6.05. The van der Waals surface area contributed by atoms with Crippen LogP contribution in [-0.4, -0.2) is 16.6 Å². The Morgan fingerprint density at radius 3 is 2.35 bits per heavy atom. The number of aliphatic carboxylic acids is 1. The molecule has 1 saturated carbocycles. The van der Waals surface area contributed by atoms with Crippen LogP contribution in [0.2, 0.25) is 0 Å². The quantitative estimate of drug-likeness (QED) is 0.843. The third-order valence-corrected chi connectivity index (χ3v) is 4.01. The van der Waals surface area contributed by atoms with E-state index in [-0.39, 0.29) is 5.41 Å². The van der Waals surface area contributed by atoms with Crippen molar-refractivity contribution in [2.24, 2.45) is 5.41 Å². The molecule has 3 nitrogen and oxygen atoms in total. The van der Waals surface area contributed by atoms with Crippen molar-refractivity contribution < 1.29 is 9.90 Å². The Hall–Kier alpha value is -1.51. The number of carbonyl (C=O) groups is 1. The second-order valence-electron chi connectivity index (χ2n) is 5.44. The summed E-state index contributed by atoms with van der Waals surface area (Å²) >= 11 is 0. The van der Waals surface area contributed by atoms with Crippen LogP contribution in [0.3, 0.4) is 0 Å². The maximum Gasteiger partial charge on any atom is 0.329 e. The van der Waals surface area contributed by atoms with Crippen LogP contribution >= 0.6 is 0 Å². The number of rotatable bonds is 3. The molecule has 0 aromatic heterocycles. The Balaban J connectivity index is 2.34. The van der Waals surface area contributed by atoms with Gasteiger partial charge < -0.3 is 10.4 Å². The average Bonchev–Trinajstić information content (AvgIpc) is 2.57. The highest BCUT2D eigenvalue weighted by molar-refractivity contribution is 5.84. The first-order chi connectivity index (χ1) is 7.98. The van der Waals surface area contributed by atoms with Gasteiger partial charge >= 0.3 is 5.97 Å². The molecule has 92 valence electrons. The van der Waals surface area contributed by atoms with Crippen molar-refractivity contribution in [1.29, 1.82) is 0 Å². The molecule has 0 heterocycles. The third-order valence-electron chi connectivity index (χ3n) is 4.01. The number of hydrogen-bond acceptors (Lipinski definition) is 2. The highest BCUT2D eigenvalue weighted by Gasteiger charge is 2.54. The molecule has 2 N–H and O–H groups in total. The highest BCUT2D eigenvalue weighted by atomic mass is 16.4. The van der Waals surface area contributed by atoms with Crippen molar-refractivity contribution in [2.45, 2.75) is 38.6 Å². The highest BCUT2D eigenvalue weighted by Crippen LogP contribution is 2.47. The van der Waals surface area contributed by atoms with E-state index < -0.39 is 11.5 Å². The van der Waals surface area contributed by atoms with Crippen LogP contribution < -0.4 is 5.32 Å². The van der Waals surface area contributed by atoms with Gasteiger partial charge in [-0.1, -0.05) is 32.0 Å². The second kappa shape index (κ2) is 4.06. The number of carboxylic acid groups (broad SMARTS) is 1. The van der Waals surface area contributed by atoms with E-state index in [0.717, 1.165) is 18.5 Å². The Morgan fingerprint density at radius 2 is 1.88 bits per heavy atom. The first kappa shape index (κ1) is 12.0. The minimum atomic E-state index is -0.839. The van der Waals surface area contributed by atoms with Gasteiger partial charge in [-0.25, -0.2) is 4.79 Å². The fourth-order valence-electron chi connectivity index (χ4n) is 2.80. The van der Waals surface area contributed by atoms with Crippen molar-refractivity contribution >= 4 is 11.7 Å². The third kappa shape index (κ3) is 1.90. The topological polar surface area (TPSA) is 49.3 Å². The number of nitrogens with one attached hydrogen (secondary N) is 1. The van der Waals surface area contributed by atoms with Gasteiger partial charge in [0.05, 0.1) is 0 Å². The summed E-state index contributed by atoms with van der Waals surface area (Å²) in [6.07, 6.45) is 2.59. The van der Waals surface area contributed by atoms with Gasteiger partial charge in [-0.15, -0.1) is 0 Å². The van der Waals surface area contributed by atoms with Crippen molar-refractivity contribution in [2.75, 3.05) is 5.32 Å². The van der Waals surface area contributed by atoms with E-state index in [0.29, 0.717) is 6.42 Å². The van der Waals surface area contributed by atoms with Gasteiger partial charge in [-0.2, -0.15) is 0 Å². The summed E-state index contributed by atoms with van der Waals surface area (Å²) in [5.74, 6) is -0.746. The summed E-state index contributed by atoms with van der Waals surface area (Å²) in [4.78, 5) is 11.7. The maximum atomic E-state index is 11.7. The normalized spacial score (nSPS) is 26.7. The molecule has 3 heteroatoms. The van der Waals surface area contributed by atoms with Gasteiger partial charge in [0, 0.05) is 5.69 Å². The molecular weight excluding hydrogens is 214 g/mol. The molecular formula is C14H19NO2. The molecule has 1 aliphatic rings. The minimum Gasteiger partial charge on any atom is -0.479 e. The number of benzene rings is 1. The summed E-state index contributed by atoms with van der Waals surface area (Å²) in [7, 11) is 0. The molecule has 0 aliphatic heterocycles. The number of hydrogen-bond donors (Lipinski definition) is 2. The van der Waals surface area contributed by atoms with Gasteiger partial charge in [0.25, 0.3) is 0 Å². The standard InChI is InChI=1S/C14H19NO2/c1-13(2)9-6-10-14(13,12(16)17)15-11-7-4-3-5-8-11/h3-5,7-8,15H,6,9-10H2,1-2H3,(H,16,17). The molecule has 17 heavy (non-hydrogen) atoms. The summed E-state index contributed by atoms with van der Waals surface area (Å²) in [6.45, 7) is 4.06. The second-order valence-corrected chi connectivity index (χ2v) is 5.44. The van der Waals surface area contributed by atoms with Gasteiger partial charge in [-0.3, -0.25) is 0 Å². The molecule has 1 atom stereocenters. The molecule has 1 unspecified atom stereocenters. The largest absolute Gasteiger partial charge is 0.479 e. The monoisotopic (exact) mass is 233 g/mol. The van der Waals surface area contributed by atoms with Crippen LogP contribution in [0.5, 0.6) is 0 Å². The summed E-state index contributed by atoms with van der Waals surface area (Å²) in [5, 5.41) is 12.8. The van der Waals surface area contributed by atoms with E-state index >= 15 is 0 Å². The molecule has 0 spiro atoms. The Morgan fingerprint density at radius 1 is 1.24 bits per heavy atom. The van der Waals surface area contributed by atoms with E-state index in [1.54, 1.807) is 0 Å². The predicted octanol–water partition coefficient (Wildman–Crippen LogP) is 3.13.